The number of nitrogens with zero attached hydrogens (tertiary/aromatic N) is 4. The summed E-state index contributed by atoms with van der Waals surface area (Å²) in [6, 6.07) is 18.0. The number of hydrogen-bond donors (Lipinski definition) is 0. The zero-order valence-electron chi connectivity index (χ0n) is 26.2. The Labute approximate surface area is 272 Å². The fourth-order valence-electron chi connectivity index (χ4n) is 5.69. The van der Waals surface area contributed by atoms with Gasteiger partial charge in [-0.2, -0.15) is 0 Å². The van der Waals surface area contributed by atoms with Gasteiger partial charge in [0.25, 0.3) is 0 Å². The lowest BCUT2D eigenvalue weighted by Gasteiger charge is -2.27. The maximum absolute atomic E-state index is 4.57. The van der Waals surface area contributed by atoms with Crippen LogP contribution < -0.4 is 14.4 Å². The lowest BCUT2D eigenvalue weighted by atomic mass is 9.99. The maximum Gasteiger partial charge on any atom is 0.169 e. The van der Waals surface area contributed by atoms with E-state index in [1.165, 1.54) is 58.5 Å². The number of pyridine rings is 1. The molecular formula is C38H45N4S2+. The molecule has 0 radical (unpaired) electrons. The molecule has 0 saturated heterocycles. The number of aliphatic imine (C=N–C) groups is 1. The van der Waals surface area contributed by atoms with E-state index in [4.69, 9.17) is 0 Å². The highest BCUT2D eigenvalue weighted by Crippen LogP contribution is 2.28. The van der Waals surface area contributed by atoms with E-state index in [9.17, 15) is 0 Å². The molecule has 0 atom stereocenters. The molecular weight excluding hydrogens is 577 g/mol. The highest BCUT2D eigenvalue weighted by molar-refractivity contribution is 8.76. The number of benzene rings is 2. The van der Waals surface area contributed by atoms with E-state index < -0.39 is 0 Å². The molecule has 0 unspecified atom stereocenters. The van der Waals surface area contributed by atoms with Gasteiger partial charge in [-0.3, -0.25) is 4.99 Å². The van der Waals surface area contributed by atoms with Gasteiger partial charge < -0.3 is 9.80 Å². The van der Waals surface area contributed by atoms with Crippen LogP contribution in [-0.2, 0) is 19.4 Å². The number of allylic oxidation sites excluding steroid dienone is 4. The average Bonchev–Trinajstić information content (AvgIpc) is 3.05. The van der Waals surface area contributed by atoms with Gasteiger partial charge in [-0.15, -0.1) is 0 Å². The van der Waals surface area contributed by atoms with Gasteiger partial charge in [-0.25, -0.2) is 4.57 Å². The number of aryl methyl sites for hydroxylation is 3. The van der Waals surface area contributed by atoms with Crippen LogP contribution in [0.3, 0.4) is 0 Å². The van der Waals surface area contributed by atoms with Crippen LogP contribution in [-0.4, -0.2) is 51.4 Å². The molecule has 6 heteroatoms. The SMILES string of the molecule is C=CC(/C=C/c1ccc2c(c1)CCCN2C)=C\C=NCCSSCC[n+]1ccc(/C=C/c2ccc3c(c2)CCCN3C)cc1. The number of hydrogen-bond acceptors (Lipinski definition) is 5. The standard InChI is InChI=1S/C38H45N4S2/c1-4-31(9-11-33-13-15-37-35(29-33)7-5-22-40(37)2)17-20-39-21-27-43-44-28-26-42-24-18-32(19-25-42)10-12-34-14-16-38-36(30-34)8-6-23-41(38)3/h4,9-20,24-25,29-30H,1,5-8,21-23,26-28H2,2-3H3/q+1/b11-9+,31-17+,39-20?. The molecule has 0 aliphatic carbocycles. The zero-order chi connectivity index (χ0) is 30.6. The summed E-state index contributed by atoms with van der Waals surface area (Å²) in [5.74, 6) is 2.08. The van der Waals surface area contributed by atoms with E-state index in [0.717, 1.165) is 49.7 Å². The molecule has 0 N–H and O–H groups in total. The van der Waals surface area contributed by atoms with E-state index in [2.05, 4.69) is 125 Å². The molecule has 4 nitrogen and oxygen atoms in total. The molecule has 2 aromatic carbocycles. The monoisotopic (exact) mass is 621 g/mol. The van der Waals surface area contributed by atoms with E-state index in [-0.39, 0.29) is 0 Å². The van der Waals surface area contributed by atoms with E-state index in [1.54, 1.807) is 0 Å². The largest absolute Gasteiger partial charge is 0.374 e. The first-order valence-electron chi connectivity index (χ1n) is 15.7. The van der Waals surface area contributed by atoms with Crippen LogP contribution in [0, 0.1) is 0 Å². The number of fused-ring (bicyclic) bond motifs is 2. The zero-order valence-corrected chi connectivity index (χ0v) is 27.8. The molecule has 2 aliphatic heterocycles. The summed E-state index contributed by atoms with van der Waals surface area (Å²) in [4.78, 5) is 9.28. The molecule has 3 aromatic rings. The van der Waals surface area contributed by atoms with Crippen LogP contribution >= 0.6 is 21.6 Å². The van der Waals surface area contributed by atoms with Gasteiger partial charge in [0.1, 0.15) is 0 Å². The average molecular weight is 622 g/mol. The minimum atomic E-state index is 0.815. The molecule has 44 heavy (non-hydrogen) atoms. The minimum Gasteiger partial charge on any atom is -0.374 e. The van der Waals surface area contributed by atoms with Crippen molar-refractivity contribution in [1.29, 1.82) is 0 Å². The first kappa shape index (κ1) is 31.9. The molecule has 0 spiro atoms. The summed E-state index contributed by atoms with van der Waals surface area (Å²) >= 11 is 0. The maximum atomic E-state index is 4.57. The van der Waals surface area contributed by atoms with Gasteiger partial charge in [0.15, 0.2) is 18.9 Å². The molecule has 2 aliphatic rings. The molecule has 0 saturated carbocycles. The highest BCUT2D eigenvalue weighted by atomic mass is 33.1. The molecule has 228 valence electrons. The predicted molar refractivity (Wildman–Crippen MR) is 197 cm³/mol. The van der Waals surface area contributed by atoms with Crippen molar-refractivity contribution in [3.05, 3.63) is 119 Å². The van der Waals surface area contributed by atoms with Crippen molar-refractivity contribution in [1.82, 2.24) is 0 Å². The number of rotatable bonds is 13. The van der Waals surface area contributed by atoms with Crippen molar-refractivity contribution in [3.63, 3.8) is 0 Å². The summed E-state index contributed by atoms with van der Waals surface area (Å²) in [7, 11) is 8.17. The summed E-state index contributed by atoms with van der Waals surface area (Å²) in [5, 5.41) is 0. The quantitative estimate of drug-likeness (QED) is 0.0631. The fraction of sp³-hybridized carbons (Fsp3) is 0.316. The van der Waals surface area contributed by atoms with Crippen molar-refractivity contribution in [2.24, 2.45) is 4.99 Å². The van der Waals surface area contributed by atoms with Crippen molar-refractivity contribution in [2.75, 3.05) is 55.0 Å². The smallest absolute Gasteiger partial charge is 0.169 e. The summed E-state index contributed by atoms with van der Waals surface area (Å²) in [5.41, 5.74) is 10.5. The molecule has 1 aromatic heterocycles. The topological polar surface area (TPSA) is 22.7 Å². The van der Waals surface area contributed by atoms with Crippen molar-refractivity contribution in [3.8, 4) is 0 Å². The number of anilines is 2. The molecule has 0 amide bonds. The van der Waals surface area contributed by atoms with Gasteiger partial charge in [0.05, 0.1) is 5.75 Å². The third-order valence-corrected chi connectivity index (χ3v) is 10.6. The Hall–Kier alpha value is -3.48. The second kappa shape index (κ2) is 16.6. The molecule has 5 rings (SSSR count). The summed E-state index contributed by atoms with van der Waals surface area (Å²) in [6.45, 7) is 8.08. The van der Waals surface area contributed by atoms with Crippen LogP contribution in [0.5, 0.6) is 0 Å². The molecule has 0 bridgehead atoms. The summed E-state index contributed by atoms with van der Waals surface area (Å²) < 4.78 is 2.26. The Balaban J connectivity index is 0.976. The third-order valence-electron chi connectivity index (χ3n) is 8.19. The second-order valence-electron chi connectivity index (χ2n) is 11.4. The Morgan fingerprint density at radius 1 is 0.818 bits per heavy atom. The first-order chi connectivity index (χ1) is 21.6. The van der Waals surface area contributed by atoms with Gasteiger partial charge in [0, 0.05) is 69.2 Å². The van der Waals surface area contributed by atoms with Crippen LogP contribution in [0.2, 0.25) is 0 Å². The Morgan fingerprint density at radius 2 is 1.43 bits per heavy atom. The van der Waals surface area contributed by atoms with E-state index in [1.807, 2.05) is 40.0 Å². The van der Waals surface area contributed by atoms with Gasteiger partial charge in [0.2, 0.25) is 0 Å². The minimum absolute atomic E-state index is 0.815. The van der Waals surface area contributed by atoms with Crippen LogP contribution in [0.1, 0.15) is 40.7 Å². The third kappa shape index (κ3) is 9.26. The number of aromatic nitrogens is 1. The van der Waals surface area contributed by atoms with E-state index >= 15 is 0 Å². The first-order valence-corrected chi connectivity index (χ1v) is 18.2. The van der Waals surface area contributed by atoms with Crippen molar-refractivity contribution >= 4 is 57.4 Å². The lowest BCUT2D eigenvalue weighted by molar-refractivity contribution is -0.692. The normalized spacial score (nSPS) is 15.4. The van der Waals surface area contributed by atoms with Crippen molar-refractivity contribution in [2.45, 2.75) is 32.2 Å². The van der Waals surface area contributed by atoms with Crippen LogP contribution in [0.25, 0.3) is 18.2 Å². The second-order valence-corrected chi connectivity index (χ2v) is 14.1. The lowest BCUT2D eigenvalue weighted by Crippen LogP contribution is -2.33. The molecule has 3 heterocycles. The summed E-state index contributed by atoms with van der Waals surface area (Å²) in [6.07, 6.45) is 23.7. The highest BCUT2D eigenvalue weighted by Gasteiger charge is 2.14. The van der Waals surface area contributed by atoms with Crippen molar-refractivity contribution < 1.29 is 4.57 Å². The van der Waals surface area contributed by atoms with E-state index in [0.29, 0.717) is 0 Å². The Bertz CT molecular complexity index is 1520. The molecule has 0 fully saturated rings. The van der Waals surface area contributed by atoms with Gasteiger partial charge >= 0.3 is 0 Å². The van der Waals surface area contributed by atoms with Crippen LogP contribution in [0.15, 0.2) is 96.3 Å². The van der Waals surface area contributed by atoms with Gasteiger partial charge in [-0.1, -0.05) is 70.7 Å². The Kier molecular flexibility index (Phi) is 12.0. The predicted octanol–water partition coefficient (Wildman–Crippen LogP) is 8.19. The fourth-order valence-corrected chi connectivity index (χ4v) is 7.54. The van der Waals surface area contributed by atoms with Crippen LogP contribution in [0.4, 0.5) is 11.4 Å². The van der Waals surface area contributed by atoms with Gasteiger partial charge in [-0.05, 0) is 89.4 Å². The Morgan fingerprint density at radius 3 is 2.09 bits per heavy atom.